The number of benzene rings is 3. The van der Waals surface area contributed by atoms with Crippen LogP contribution in [0.1, 0.15) is 26.3 Å². The lowest BCUT2D eigenvalue weighted by Gasteiger charge is -2.19. The minimum absolute atomic E-state index is 0.0380. The molecule has 0 radical (unpaired) electrons. The first kappa shape index (κ1) is 25.6. The second kappa shape index (κ2) is 10.2. The van der Waals surface area contributed by atoms with E-state index in [4.69, 9.17) is 9.15 Å². The predicted octanol–water partition coefficient (Wildman–Crippen LogP) is 5.67. The van der Waals surface area contributed by atoms with E-state index in [0.717, 1.165) is 11.8 Å². The van der Waals surface area contributed by atoms with Crippen molar-refractivity contribution in [3.63, 3.8) is 0 Å². The van der Waals surface area contributed by atoms with Crippen molar-refractivity contribution in [1.82, 2.24) is 4.98 Å². The number of sulfonamides is 1. The van der Waals surface area contributed by atoms with Gasteiger partial charge in [-0.1, -0.05) is 44.7 Å². The van der Waals surface area contributed by atoms with Gasteiger partial charge in [0.2, 0.25) is 5.91 Å². The Hall–Kier alpha value is -3.50. The summed E-state index contributed by atoms with van der Waals surface area (Å²) in [5, 5.41) is 3.14. The van der Waals surface area contributed by atoms with E-state index < -0.39 is 10.0 Å². The number of thioether (sulfide) groups is 1. The van der Waals surface area contributed by atoms with Crippen LogP contribution >= 0.6 is 11.8 Å². The third-order valence-electron chi connectivity index (χ3n) is 5.35. The lowest BCUT2D eigenvalue weighted by Crippen LogP contribution is -2.15. The number of oxazole rings is 1. The van der Waals surface area contributed by atoms with Crippen LogP contribution < -0.4 is 14.8 Å². The Morgan fingerprint density at radius 2 is 1.67 bits per heavy atom. The number of carbonyl (C=O) groups excluding carboxylic acids is 1. The molecule has 0 saturated carbocycles. The molecule has 188 valence electrons. The van der Waals surface area contributed by atoms with E-state index in [0.29, 0.717) is 28.2 Å². The van der Waals surface area contributed by atoms with Crippen LogP contribution in [0.5, 0.6) is 5.75 Å². The average Bonchev–Trinajstić information content (AvgIpc) is 3.25. The maximum Gasteiger partial charge on any atom is 0.261 e. The number of carbonyl (C=O) groups is 1. The maximum absolute atomic E-state index is 12.8. The molecule has 3 aromatic carbocycles. The van der Waals surface area contributed by atoms with Crippen molar-refractivity contribution >= 4 is 50.2 Å². The highest BCUT2D eigenvalue weighted by Crippen LogP contribution is 2.27. The van der Waals surface area contributed by atoms with Crippen molar-refractivity contribution in [2.75, 3.05) is 22.9 Å². The van der Waals surface area contributed by atoms with Gasteiger partial charge >= 0.3 is 0 Å². The molecule has 0 atom stereocenters. The molecule has 4 aromatic rings. The molecule has 10 heteroatoms. The summed E-state index contributed by atoms with van der Waals surface area (Å²) in [5.74, 6) is 0.523. The van der Waals surface area contributed by atoms with Crippen LogP contribution in [-0.2, 0) is 20.2 Å². The van der Waals surface area contributed by atoms with Crippen molar-refractivity contribution < 1.29 is 22.4 Å². The second-order valence-electron chi connectivity index (χ2n) is 9.11. The predicted molar refractivity (Wildman–Crippen MR) is 142 cm³/mol. The topological polar surface area (TPSA) is 111 Å². The highest BCUT2D eigenvalue weighted by molar-refractivity contribution is 7.99. The van der Waals surface area contributed by atoms with Crippen molar-refractivity contribution in [2.45, 2.75) is 36.3 Å². The van der Waals surface area contributed by atoms with E-state index in [9.17, 15) is 13.2 Å². The Kier molecular flexibility index (Phi) is 7.28. The highest BCUT2D eigenvalue weighted by atomic mass is 32.2. The van der Waals surface area contributed by atoms with E-state index in [1.54, 1.807) is 30.3 Å². The van der Waals surface area contributed by atoms with Crippen LogP contribution in [-0.4, -0.2) is 32.2 Å². The van der Waals surface area contributed by atoms with Gasteiger partial charge in [0.1, 0.15) is 11.3 Å². The summed E-state index contributed by atoms with van der Waals surface area (Å²) in [4.78, 5) is 16.8. The van der Waals surface area contributed by atoms with Gasteiger partial charge in [0.25, 0.3) is 15.2 Å². The van der Waals surface area contributed by atoms with Crippen molar-refractivity contribution in [2.24, 2.45) is 0 Å². The lowest BCUT2D eigenvalue weighted by atomic mass is 9.87. The zero-order valence-corrected chi connectivity index (χ0v) is 22.0. The number of rotatable bonds is 8. The Morgan fingerprint density at radius 1 is 1.00 bits per heavy atom. The SMILES string of the molecule is COc1ccc(NS(=O)(=O)c2ccc3oc(SCC(=O)Nc4ccc(C(C)(C)C)cc4)nc3c2)cc1. The summed E-state index contributed by atoms with van der Waals surface area (Å²) in [5.41, 5.74) is 3.15. The van der Waals surface area contributed by atoms with Gasteiger partial charge in [-0.3, -0.25) is 9.52 Å². The first-order valence-electron chi connectivity index (χ1n) is 11.1. The summed E-state index contributed by atoms with van der Waals surface area (Å²) in [7, 11) is -2.29. The van der Waals surface area contributed by atoms with E-state index in [1.165, 1.54) is 24.8 Å². The van der Waals surface area contributed by atoms with Crippen LogP contribution in [0, 0.1) is 0 Å². The molecule has 0 spiro atoms. The van der Waals surface area contributed by atoms with E-state index >= 15 is 0 Å². The number of nitrogens with zero attached hydrogens (tertiary/aromatic N) is 1. The number of hydrogen-bond donors (Lipinski definition) is 2. The first-order chi connectivity index (χ1) is 17.0. The maximum atomic E-state index is 12.8. The Morgan fingerprint density at radius 3 is 2.31 bits per heavy atom. The number of anilines is 2. The molecule has 4 rings (SSSR count). The summed E-state index contributed by atoms with van der Waals surface area (Å²) in [6, 6.07) is 18.7. The molecule has 0 fully saturated rings. The number of fused-ring (bicyclic) bond motifs is 1. The van der Waals surface area contributed by atoms with Gasteiger partial charge in [-0.2, -0.15) is 0 Å². The molecule has 0 saturated heterocycles. The van der Waals surface area contributed by atoms with Gasteiger partial charge in [0, 0.05) is 11.4 Å². The number of ether oxygens (including phenoxy) is 1. The Balaban J connectivity index is 1.39. The normalized spacial score (nSPS) is 11.9. The fourth-order valence-corrected chi connectivity index (χ4v) is 5.08. The zero-order chi connectivity index (χ0) is 25.9. The lowest BCUT2D eigenvalue weighted by molar-refractivity contribution is -0.113. The van der Waals surface area contributed by atoms with Crippen molar-refractivity contribution in [3.05, 3.63) is 72.3 Å². The molecule has 1 heterocycles. The van der Waals surface area contributed by atoms with Crippen LogP contribution in [0.4, 0.5) is 11.4 Å². The van der Waals surface area contributed by atoms with Crippen LogP contribution in [0.25, 0.3) is 11.1 Å². The summed E-state index contributed by atoms with van der Waals surface area (Å²) >= 11 is 1.13. The van der Waals surface area contributed by atoms with Crippen LogP contribution in [0.3, 0.4) is 0 Å². The third kappa shape index (κ3) is 6.19. The molecular formula is C26H27N3O5S2. The highest BCUT2D eigenvalue weighted by Gasteiger charge is 2.18. The molecule has 0 aliphatic heterocycles. The molecule has 0 aliphatic rings. The molecule has 36 heavy (non-hydrogen) atoms. The fourth-order valence-electron chi connectivity index (χ4n) is 3.37. The number of methoxy groups -OCH3 is 1. The van der Waals surface area contributed by atoms with Gasteiger partial charge in [-0.15, -0.1) is 0 Å². The smallest absolute Gasteiger partial charge is 0.261 e. The monoisotopic (exact) mass is 525 g/mol. The first-order valence-corrected chi connectivity index (χ1v) is 13.6. The number of nitrogens with one attached hydrogen (secondary N) is 2. The van der Waals surface area contributed by atoms with E-state index in [1.807, 2.05) is 24.3 Å². The quantitative estimate of drug-likeness (QED) is 0.285. The zero-order valence-electron chi connectivity index (χ0n) is 20.4. The fraction of sp³-hybridized carbons (Fsp3) is 0.231. The van der Waals surface area contributed by atoms with Crippen molar-refractivity contribution in [3.8, 4) is 5.75 Å². The average molecular weight is 526 g/mol. The second-order valence-corrected chi connectivity index (χ2v) is 11.7. The van der Waals surface area contributed by atoms with E-state index in [-0.39, 0.29) is 27.2 Å². The largest absolute Gasteiger partial charge is 0.497 e. The summed E-state index contributed by atoms with van der Waals surface area (Å²) < 4.78 is 38.9. The molecule has 2 N–H and O–H groups in total. The van der Waals surface area contributed by atoms with Gasteiger partial charge < -0.3 is 14.5 Å². The standard InChI is InChI=1S/C26H27N3O5S2/c1-26(2,3)17-5-7-18(8-6-17)27-24(30)16-35-25-28-22-15-21(13-14-23(22)34-25)36(31,32)29-19-9-11-20(33-4)12-10-19/h5-15,29H,16H2,1-4H3,(H,27,30). The van der Waals surface area contributed by atoms with Crippen LogP contribution in [0.2, 0.25) is 0 Å². The summed E-state index contributed by atoms with van der Waals surface area (Å²) in [6.07, 6.45) is 0. The van der Waals surface area contributed by atoms with E-state index in [2.05, 4.69) is 35.8 Å². The minimum Gasteiger partial charge on any atom is -0.497 e. The molecular weight excluding hydrogens is 498 g/mol. The number of amides is 1. The molecule has 1 aromatic heterocycles. The molecule has 0 unspecified atom stereocenters. The van der Waals surface area contributed by atoms with Gasteiger partial charge in [0.15, 0.2) is 5.58 Å². The minimum atomic E-state index is -3.83. The van der Waals surface area contributed by atoms with Crippen LogP contribution in [0.15, 0.2) is 81.3 Å². The Labute approximate surface area is 214 Å². The van der Waals surface area contributed by atoms with Crippen molar-refractivity contribution in [1.29, 1.82) is 0 Å². The third-order valence-corrected chi connectivity index (χ3v) is 7.56. The van der Waals surface area contributed by atoms with Gasteiger partial charge in [-0.05, 0) is 65.6 Å². The van der Waals surface area contributed by atoms with Gasteiger partial charge in [-0.25, -0.2) is 13.4 Å². The van der Waals surface area contributed by atoms with Gasteiger partial charge in [0.05, 0.1) is 17.8 Å². The number of hydrogen-bond acceptors (Lipinski definition) is 7. The Bertz CT molecular complexity index is 1470. The molecule has 0 aliphatic carbocycles. The molecule has 0 bridgehead atoms. The number of aromatic nitrogens is 1. The molecule has 1 amide bonds. The molecule has 8 nitrogen and oxygen atoms in total. The summed E-state index contributed by atoms with van der Waals surface area (Å²) in [6.45, 7) is 6.40.